The fourth-order valence-electron chi connectivity index (χ4n) is 2.01. The van der Waals surface area contributed by atoms with E-state index in [1.54, 1.807) is 0 Å². The largest absolute Gasteiger partial charge is 0.319 e. The number of hydrogen-bond acceptors (Lipinski definition) is 2. The van der Waals surface area contributed by atoms with Gasteiger partial charge in [-0.2, -0.15) is 0 Å². The third-order valence-electron chi connectivity index (χ3n) is 3.11. The number of nitrogens with zero attached hydrogens (tertiary/aromatic N) is 1. The zero-order valence-electron chi connectivity index (χ0n) is 10.5. The smallest absolute Gasteiger partial charge is 0.0749 e. The molecule has 0 atom stereocenters. The first kappa shape index (κ1) is 12.3. The lowest BCUT2D eigenvalue weighted by atomic mass is 10.0. The molecule has 1 aromatic heterocycles. The molecule has 0 bridgehead atoms. The van der Waals surface area contributed by atoms with Crippen molar-refractivity contribution in [2.45, 2.75) is 20.3 Å². The van der Waals surface area contributed by atoms with Crippen molar-refractivity contribution in [2.75, 3.05) is 13.6 Å². The van der Waals surface area contributed by atoms with Crippen molar-refractivity contribution in [3.05, 3.63) is 40.0 Å². The Labute approximate surface area is 107 Å². The number of nitrogens with one attached hydrogen (secondary N) is 1. The number of pyridine rings is 1. The molecule has 0 saturated carbocycles. The number of likely N-dealkylation sites (N-methyl/N-ethyl adjacent to an activating group) is 1. The first-order chi connectivity index (χ1) is 8.13. The monoisotopic (exact) mass is 248 g/mol. The molecule has 0 aliphatic rings. The number of aryl methyl sites for hydroxylation is 2. The molecule has 2 rings (SSSR count). The molecule has 0 saturated heterocycles. The minimum Gasteiger partial charge on any atom is -0.319 e. The first-order valence-corrected chi connectivity index (χ1v) is 6.21. The Kier molecular flexibility index (Phi) is 3.65. The Balaban J connectivity index is 2.54. The van der Waals surface area contributed by atoms with Gasteiger partial charge in [0.05, 0.1) is 5.52 Å². The fourth-order valence-corrected chi connectivity index (χ4v) is 2.16. The van der Waals surface area contributed by atoms with E-state index in [2.05, 4.69) is 23.3 Å². The molecule has 0 spiro atoms. The van der Waals surface area contributed by atoms with Gasteiger partial charge in [0.15, 0.2) is 0 Å². The van der Waals surface area contributed by atoms with Gasteiger partial charge in [-0.1, -0.05) is 17.7 Å². The third kappa shape index (κ3) is 2.43. The third-order valence-corrected chi connectivity index (χ3v) is 3.52. The van der Waals surface area contributed by atoms with Crippen LogP contribution in [-0.4, -0.2) is 18.6 Å². The van der Waals surface area contributed by atoms with Crippen LogP contribution in [0.2, 0.25) is 5.02 Å². The first-order valence-electron chi connectivity index (χ1n) is 5.83. The van der Waals surface area contributed by atoms with Crippen molar-refractivity contribution in [3.63, 3.8) is 0 Å². The van der Waals surface area contributed by atoms with Crippen LogP contribution in [-0.2, 0) is 6.42 Å². The summed E-state index contributed by atoms with van der Waals surface area (Å²) in [5.41, 5.74) is 4.47. The molecule has 0 unspecified atom stereocenters. The van der Waals surface area contributed by atoms with E-state index in [1.165, 1.54) is 10.9 Å². The van der Waals surface area contributed by atoms with E-state index in [-0.39, 0.29) is 0 Å². The molecule has 1 aromatic carbocycles. The number of benzene rings is 1. The molecule has 0 aliphatic carbocycles. The number of halogens is 1. The van der Waals surface area contributed by atoms with Gasteiger partial charge in [-0.25, -0.2) is 0 Å². The summed E-state index contributed by atoms with van der Waals surface area (Å²) in [5.74, 6) is 0. The molecule has 1 heterocycles. The zero-order chi connectivity index (χ0) is 12.4. The minimum absolute atomic E-state index is 0.785. The maximum absolute atomic E-state index is 6.11. The van der Waals surface area contributed by atoms with E-state index in [0.717, 1.165) is 34.8 Å². The minimum atomic E-state index is 0.785. The summed E-state index contributed by atoms with van der Waals surface area (Å²) in [4.78, 5) is 4.68. The Hall–Kier alpha value is -1.12. The van der Waals surface area contributed by atoms with Gasteiger partial charge < -0.3 is 5.32 Å². The van der Waals surface area contributed by atoms with Crippen LogP contribution in [0, 0.1) is 13.8 Å². The number of fused-ring (bicyclic) bond motifs is 1. The van der Waals surface area contributed by atoms with E-state index in [4.69, 9.17) is 11.6 Å². The lowest BCUT2D eigenvalue weighted by molar-refractivity contribution is 0.786. The molecule has 0 amide bonds. The molecular weight excluding hydrogens is 232 g/mol. The summed E-state index contributed by atoms with van der Waals surface area (Å²) in [5, 5.41) is 5.12. The molecule has 0 radical (unpaired) electrons. The van der Waals surface area contributed by atoms with Crippen molar-refractivity contribution >= 4 is 22.5 Å². The van der Waals surface area contributed by atoms with Gasteiger partial charge >= 0.3 is 0 Å². The summed E-state index contributed by atoms with van der Waals surface area (Å²) in [7, 11) is 1.97. The summed E-state index contributed by atoms with van der Waals surface area (Å²) in [6, 6.07) is 6.20. The van der Waals surface area contributed by atoms with Gasteiger partial charge in [-0.3, -0.25) is 4.98 Å². The average Bonchev–Trinajstić information content (AvgIpc) is 2.32. The van der Waals surface area contributed by atoms with Crippen LogP contribution >= 0.6 is 11.6 Å². The lowest BCUT2D eigenvalue weighted by Gasteiger charge is -2.09. The van der Waals surface area contributed by atoms with Crippen LogP contribution in [0.5, 0.6) is 0 Å². The molecule has 0 aliphatic heterocycles. The highest BCUT2D eigenvalue weighted by Gasteiger charge is 2.07. The summed E-state index contributed by atoms with van der Waals surface area (Å²) in [6.07, 6.45) is 1.01. The highest BCUT2D eigenvalue weighted by molar-refractivity contribution is 6.32. The second kappa shape index (κ2) is 5.03. The number of aromatic nitrogens is 1. The average molecular weight is 249 g/mol. The van der Waals surface area contributed by atoms with Crippen molar-refractivity contribution in [3.8, 4) is 0 Å². The summed E-state index contributed by atoms with van der Waals surface area (Å²) in [6.45, 7) is 5.05. The van der Waals surface area contributed by atoms with Gasteiger partial charge in [0.2, 0.25) is 0 Å². The topological polar surface area (TPSA) is 24.9 Å². The van der Waals surface area contributed by atoms with Crippen LogP contribution in [0.1, 0.15) is 16.8 Å². The maximum Gasteiger partial charge on any atom is 0.0749 e. The molecule has 90 valence electrons. The normalized spacial score (nSPS) is 11.1. The predicted molar refractivity (Wildman–Crippen MR) is 73.9 cm³/mol. The maximum atomic E-state index is 6.11. The molecule has 2 nitrogen and oxygen atoms in total. The van der Waals surface area contributed by atoms with E-state index in [0.29, 0.717) is 0 Å². The number of rotatable bonds is 3. The Morgan fingerprint density at radius 3 is 2.76 bits per heavy atom. The molecule has 0 fully saturated rings. The molecular formula is C14H17ClN2. The zero-order valence-corrected chi connectivity index (χ0v) is 11.2. The molecule has 3 heteroatoms. The van der Waals surface area contributed by atoms with Crippen LogP contribution in [0.3, 0.4) is 0 Å². The highest BCUT2D eigenvalue weighted by atomic mass is 35.5. The van der Waals surface area contributed by atoms with Gasteiger partial charge in [0, 0.05) is 16.1 Å². The Morgan fingerprint density at radius 2 is 2.06 bits per heavy atom. The molecule has 2 aromatic rings. The van der Waals surface area contributed by atoms with E-state index >= 15 is 0 Å². The second-order valence-corrected chi connectivity index (χ2v) is 4.74. The number of hydrogen-bond donors (Lipinski definition) is 1. The van der Waals surface area contributed by atoms with E-state index < -0.39 is 0 Å². The van der Waals surface area contributed by atoms with Crippen LogP contribution in [0.4, 0.5) is 0 Å². The molecule has 1 N–H and O–H groups in total. The molecule has 17 heavy (non-hydrogen) atoms. The Morgan fingerprint density at radius 1 is 1.29 bits per heavy atom. The van der Waals surface area contributed by atoms with Gasteiger partial charge in [-0.05, 0) is 57.1 Å². The van der Waals surface area contributed by atoms with Gasteiger partial charge in [0.1, 0.15) is 0 Å². The van der Waals surface area contributed by atoms with Gasteiger partial charge in [-0.15, -0.1) is 0 Å². The SMILES string of the molecule is CNCCc1cc2ccc(Cl)c(C)c2nc1C. The summed E-state index contributed by atoms with van der Waals surface area (Å²) < 4.78 is 0. The van der Waals surface area contributed by atoms with Crippen LogP contribution in [0.25, 0.3) is 10.9 Å². The quantitative estimate of drug-likeness (QED) is 0.902. The summed E-state index contributed by atoms with van der Waals surface area (Å²) >= 11 is 6.11. The van der Waals surface area contributed by atoms with E-state index in [1.807, 2.05) is 26.1 Å². The van der Waals surface area contributed by atoms with E-state index in [9.17, 15) is 0 Å². The van der Waals surface area contributed by atoms with Crippen LogP contribution in [0.15, 0.2) is 18.2 Å². The van der Waals surface area contributed by atoms with Crippen molar-refractivity contribution < 1.29 is 0 Å². The van der Waals surface area contributed by atoms with Crippen molar-refractivity contribution in [1.29, 1.82) is 0 Å². The standard InChI is InChI=1S/C14H17ClN2/c1-9-13(15)5-4-12-8-11(6-7-16-3)10(2)17-14(9)12/h4-5,8,16H,6-7H2,1-3H3. The fraction of sp³-hybridized carbons (Fsp3) is 0.357. The lowest BCUT2D eigenvalue weighted by Crippen LogP contribution is -2.11. The predicted octanol–water partition coefficient (Wildman–Crippen LogP) is 3.27. The van der Waals surface area contributed by atoms with Crippen LogP contribution < -0.4 is 5.32 Å². The Bertz CT molecular complexity index is 549. The van der Waals surface area contributed by atoms with Crippen molar-refractivity contribution in [2.24, 2.45) is 0 Å². The van der Waals surface area contributed by atoms with Gasteiger partial charge in [0.25, 0.3) is 0 Å². The van der Waals surface area contributed by atoms with Crippen molar-refractivity contribution in [1.82, 2.24) is 10.3 Å². The highest BCUT2D eigenvalue weighted by Crippen LogP contribution is 2.25. The second-order valence-electron chi connectivity index (χ2n) is 4.33.